The van der Waals surface area contributed by atoms with E-state index in [0.717, 1.165) is 4.52 Å². The Bertz CT molecular complexity index is 1660. The first-order chi connectivity index (χ1) is 19.8. The van der Waals surface area contributed by atoms with Crippen molar-refractivity contribution in [2.24, 2.45) is 0 Å². The van der Waals surface area contributed by atoms with Crippen LogP contribution in [-0.2, 0) is 29.0 Å². The summed E-state index contributed by atoms with van der Waals surface area (Å²) in [7, 11) is -4.49. The van der Waals surface area contributed by atoms with Crippen LogP contribution in [0.15, 0.2) is 47.3 Å². The molecule has 15 nitrogen and oxygen atoms in total. The second kappa shape index (κ2) is 11.6. The second-order valence-corrected chi connectivity index (χ2v) is 11.4. The summed E-state index contributed by atoms with van der Waals surface area (Å²) in [6.45, 7) is 3.75. The number of fused-ring (bicyclic) bond motifs is 1. The van der Waals surface area contributed by atoms with E-state index in [0.29, 0.717) is 0 Å². The van der Waals surface area contributed by atoms with Gasteiger partial charge in [-0.3, -0.25) is 19.1 Å². The highest BCUT2D eigenvalue weighted by atomic mass is 31.2. The van der Waals surface area contributed by atoms with Crippen LogP contribution in [0.1, 0.15) is 26.5 Å². The van der Waals surface area contributed by atoms with Gasteiger partial charge in [-0.15, -0.1) is 11.5 Å². The molecule has 1 fully saturated rings. The monoisotopic (exact) mass is 600 g/mol. The minimum absolute atomic E-state index is 0.0409. The minimum Gasteiger partial charge on any atom is -0.462 e. The van der Waals surface area contributed by atoms with Crippen LogP contribution in [0.25, 0.3) is 5.52 Å². The number of nitrogen functional groups attached to an aromatic ring is 1. The summed E-state index contributed by atoms with van der Waals surface area (Å²) in [6.07, 6.45) is 1.28. The Labute approximate surface area is 239 Å². The number of carbonyl (C=O) groups excluding carboxylic acids is 1. The molecule has 1 aliphatic rings. The van der Waals surface area contributed by atoms with Crippen LogP contribution in [0.2, 0.25) is 0 Å². The van der Waals surface area contributed by atoms with Crippen molar-refractivity contribution >= 4 is 25.2 Å². The summed E-state index contributed by atoms with van der Waals surface area (Å²) in [5.41, 5.74) is 0.133. The zero-order chi connectivity index (χ0) is 30.9. The predicted molar refractivity (Wildman–Crippen MR) is 147 cm³/mol. The number of H-pyrrole nitrogens is 1. The number of ether oxygens (including phenoxy) is 2. The number of rotatable bonds is 10. The van der Waals surface area contributed by atoms with Crippen molar-refractivity contribution in [1.82, 2.24) is 19.7 Å². The molecule has 2 aromatic heterocycles. The van der Waals surface area contributed by atoms with Gasteiger partial charge in [0.1, 0.15) is 42.2 Å². The number of aliphatic hydroxyl groups excluding tert-OH is 2. The largest absolute Gasteiger partial charge is 0.462 e. The number of aliphatic hydroxyl groups is 2. The number of anilines is 1. The summed E-state index contributed by atoms with van der Waals surface area (Å²) in [4.78, 5) is 27.1. The number of nitrogens with one attached hydrogen (secondary N) is 2. The molecule has 0 amide bonds. The van der Waals surface area contributed by atoms with Crippen LogP contribution in [0.3, 0.4) is 0 Å². The van der Waals surface area contributed by atoms with E-state index in [2.05, 4.69) is 21.1 Å². The van der Waals surface area contributed by atoms with E-state index >= 15 is 0 Å². The molecule has 42 heavy (non-hydrogen) atoms. The molecule has 1 unspecified atom stereocenters. The van der Waals surface area contributed by atoms with E-state index in [1.807, 2.05) is 6.07 Å². The van der Waals surface area contributed by atoms with Gasteiger partial charge in [-0.25, -0.2) is 9.08 Å². The number of nitrogens with two attached hydrogens (primary N) is 1. The number of esters is 1. The third kappa shape index (κ3) is 5.62. The van der Waals surface area contributed by atoms with Gasteiger partial charge in [-0.2, -0.15) is 10.3 Å². The second-order valence-electron chi connectivity index (χ2n) is 9.74. The Morgan fingerprint density at radius 3 is 2.60 bits per heavy atom. The first-order valence-corrected chi connectivity index (χ1v) is 14.1. The number of aromatic amines is 1. The van der Waals surface area contributed by atoms with Crippen molar-refractivity contribution in [2.45, 2.75) is 56.3 Å². The fourth-order valence-corrected chi connectivity index (χ4v) is 5.85. The Balaban J connectivity index is 1.69. The van der Waals surface area contributed by atoms with Gasteiger partial charge in [-0.1, -0.05) is 24.1 Å². The molecular formula is C26H29N6O9P. The highest BCUT2D eigenvalue weighted by Crippen LogP contribution is 2.50. The number of terminal acetylenes is 1. The van der Waals surface area contributed by atoms with Gasteiger partial charge in [0.25, 0.3) is 5.56 Å². The summed E-state index contributed by atoms with van der Waals surface area (Å²) < 4.78 is 37.2. The summed E-state index contributed by atoms with van der Waals surface area (Å²) >= 11 is 0. The number of hydrogen-bond acceptors (Lipinski definition) is 12. The van der Waals surface area contributed by atoms with Crippen LogP contribution in [-0.4, -0.2) is 67.3 Å². The molecule has 4 rings (SSSR count). The van der Waals surface area contributed by atoms with Crippen molar-refractivity contribution < 1.29 is 38.1 Å². The quantitative estimate of drug-likeness (QED) is 0.122. The Hall–Kier alpha value is -4.21. The first-order valence-electron chi connectivity index (χ1n) is 12.6. The maximum Gasteiger partial charge on any atom is 0.459 e. The minimum atomic E-state index is -4.49. The van der Waals surface area contributed by atoms with E-state index in [9.17, 15) is 29.6 Å². The van der Waals surface area contributed by atoms with Gasteiger partial charge in [0.05, 0.1) is 11.8 Å². The molecule has 1 saturated heterocycles. The number of carbonyl (C=O) groups is 1. The molecule has 1 aromatic carbocycles. The fourth-order valence-electron chi connectivity index (χ4n) is 4.32. The number of nitrogens with zero attached hydrogens (tertiary/aromatic N) is 3. The summed E-state index contributed by atoms with van der Waals surface area (Å²) in [5.74, 6) is 1.24. The molecule has 3 heterocycles. The van der Waals surface area contributed by atoms with Gasteiger partial charge in [-0.05, 0) is 45.0 Å². The molecule has 0 radical (unpaired) electrons. The van der Waals surface area contributed by atoms with Crippen LogP contribution in [0, 0.1) is 23.7 Å². The maximum atomic E-state index is 13.9. The molecule has 0 spiro atoms. The van der Waals surface area contributed by atoms with Crippen molar-refractivity contribution in [2.75, 3.05) is 12.3 Å². The molecule has 0 saturated carbocycles. The normalized spacial score (nSPS) is 25.8. The molecule has 16 heteroatoms. The number of benzene rings is 1. The average Bonchev–Trinajstić information content (AvgIpc) is 3.46. The highest BCUT2D eigenvalue weighted by Gasteiger charge is 2.65. The number of nitriles is 1. The summed E-state index contributed by atoms with van der Waals surface area (Å²) in [6, 6.07) is 11.1. The Morgan fingerprint density at radius 1 is 1.29 bits per heavy atom. The smallest absolute Gasteiger partial charge is 0.459 e. The molecule has 1 aliphatic heterocycles. The van der Waals surface area contributed by atoms with Gasteiger partial charge < -0.3 is 29.9 Å². The van der Waals surface area contributed by atoms with E-state index in [-0.39, 0.29) is 22.9 Å². The fraction of sp³-hybridized carbons (Fsp3) is 0.385. The third-order valence-corrected chi connectivity index (χ3v) is 7.96. The summed E-state index contributed by atoms with van der Waals surface area (Å²) in [5, 5.41) is 38.9. The SMILES string of the molecule is C#C[C@]1(CO[P@@](=O)(N[C@@H](C)C(=O)OC(C)C)Oc2ccccc2)O[C@@](C#N)(c2ccc3c(=O)[nH]c(N)nn23)C(O)[C@H]1O. The number of hydrogen-bond donors (Lipinski definition) is 5. The first kappa shape index (κ1) is 30.7. The lowest BCUT2D eigenvalue weighted by Crippen LogP contribution is -2.46. The van der Waals surface area contributed by atoms with Crippen LogP contribution in [0.5, 0.6) is 5.75 Å². The van der Waals surface area contributed by atoms with Gasteiger partial charge in [0, 0.05) is 0 Å². The van der Waals surface area contributed by atoms with Crippen molar-refractivity contribution in [3.8, 4) is 24.2 Å². The molecule has 0 bridgehead atoms. The molecule has 6 atom stereocenters. The van der Waals surface area contributed by atoms with Gasteiger partial charge in [0.2, 0.25) is 11.5 Å². The van der Waals surface area contributed by atoms with Crippen molar-refractivity contribution in [1.29, 1.82) is 5.26 Å². The maximum absolute atomic E-state index is 13.9. The van der Waals surface area contributed by atoms with Gasteiger partial charge >= 0.3 is 13.7 Å². The number of para-hydroxylation sites is 1. The zero-order valence-corrected chi connectivity index (χ0v) is 23.6. The Morgan fingerprint density at radius 2 is 1.98 bits per heavy atom. The lowest BCUT2D eigenvalue weighted by Gasteiger charge is -2.30. The molecule has 3 aromatic rings. The van der Waals surface area contributed by atoms with E-state index < -0.39 is 61.4 Å². The zero-order valence-electron chi connectivity index (χ0n) is 22.8. The van der Waals surface area contributed by atoms with Crippen LogP contribution in [0.4, 0.5) is 5.95 Å². The predicted octanol–water partition coefficient (Wildman–Crippen LogP) is 0.581. The molecule has 222 valence electrons. The van der Waals surface area contributed by atoms with E-state index in [4.69, 9.17) is 30.7 Å². The molecule has 0 aliphatic carbocycles. The van der Waals surface area contributed by atoms with Crippen molar-refractivity contribution in [3.63, 3.8) is 0 Å². The van der Waals surface area contributed by atoms with Crippen LogP contribution >= 0.6 is 7.75 Å². The van der Waals surface area contributed by atoms with E-state index in [1.165, 1.54) is 31.2 Å². The lowest BCUT2D eigenvalue weighted by molar-refractivity contribution is -0.149. The van der Waals surface area contributed by atoms with Crippen LogP contribution < -0.4 is 20.9 Å². The van der Waals surface area contributed by atoms with E-state index in [1.54, 1.807) is 32.0 Å². The standard InChI is InChI=1S/C26H29N6O9P/c1-5-25(14-38-42(37,40-17-9-7-6-8-10-17)31-16(4)23(36)39-15(2)3)20(33)21(34)26(13-27,41-25)19-12-11-18-22(35)29-24(28)30-32(18)19/h1,6-12,15-16,20-21,33-34H,14H2,2-4H3,(H,31,37)(H3,28,29,30,35)/t16-,20+,21?,25+,26-,42-/m0/s1. The molecular weight excluding hydrogens is 571 g/mol. The van der Waals surface area contributed by atoms with Crippen molar-refractivity contribution in [3.05, 3.63) is 58.5 Å². The Kier molecular flexibility index (Phi) is 8.48. The lowest BCUT2D eigenvalue weighted by atomic mass is 9.89. The molecule has 6 N–H and O–H groups in total. The average molecular weight is 601 g/mol. The van der Waals surface area contributed by atoms with Gasteiger partial charge in [0.15, 0.2) is 5.60 Å². The number of aromatic nitrogens is 3. The topological polar surface area (TPSA) is 224 Å². The third-order valence-electron chi connectivity index (χ3n) is 6.34. The highest BCUT2D eigenvalue weighted by molar-refractivity contribution is 7.52.